The molecule has 2 aliphatic heterocycles. The zero-order valence-corrected chi connectivity index (χ0v) is 16.7. The van der Waals surface area contributed by atoms with E-state index in [2.05, 4.69) is 31.2 Å². The first-order valence-corrected chi connectivity index (χ1v) is 10.4. The minimum atomic E-state index is -0.306. The van der Waals surface area contributed by atoms with E-state index < -0.39 is 0 Å². The van der Waals surface area contributed by atoms with Gasteiger partial charge in [0.05, 0.1) is 18.9 Å². The third-order valence-corrected chi connectivity index (χ3v) is 5.71. The second-order valence-electron chi connectivity index (χ2n) is 7.72. The molecule has 4 rings (SSSR count). The molecule has 0 bridgehead atoms. The Labute approximate surface area is 172 Å². The Morgan fingerprint density at radius 1 is 1.10 bits per heavy atom. The minimum Gasteiger partial charge on any atom is -0.379 e. The predicted molar refractivity (Wildman–Crippen MR) is 110 cm³/mol. The van der Waals surface area contributed by atoms with Gasteiger partial charge in [-0.05, 0) is 36.6 Å². The molecular formula is C22H29N5O2. The van der Waals surface area contributed by atoms with Crippen LogP contribution in [-0.4, -0.2) is 71.1 Å². The number of amides is 1. The number of ether oxygens (including phenoxy) is 1. The first-order chi connectivity index (χ1) is 14.3. The number of carbonyl (C=O) groups excluding carboxylic acids is 1. The van der Waals surface area contributed by atoms with E-state index in [4.69, 9.17) is 4.74 Å². The van der Waals surface area contributed by atoms with Crippen LogP contribution in [0.15, 0.2) is 48.9 Å². The van der Waals surface area contributed by atoms with Crippen LogP contribution >= 0.6 is 0 Å². The summed E-state index contributed by atoms with van der Waals surface area (Å²) in [6, 6.07) is 9.82. The summed E-state index contributed by atoms with van der Waals surface area (Å²) in [6.07, 6.45) is 7.31. The number of piperidine rings is 1. The van der Waals surface area contributed by atoms with Crippen molar-refractivity contribution in [3.8, 4) is 0 Å². The summed E-state index contributed by atoms with van der Waals surface area (Å²) in [5.41, 5.74) is 2.04. The first kappa shape index (κ1) is 19.9. The average Bonchev–Trinajstić information content (AvgIpc) is 2.78. The molecule has 7 nitrogen and oxygen atoms in total. The molecule has 2 fully saturated rings. The number of hydrogen-bond donors (Lipinski definition) is 1. The third kappa shape index (κ3) is 5.38. The van der Waals surface area contributed by atoms with Crippen LogP contribution in [0.25, 0.3) is 0 Å². The summed E-state index contributed by atoms with van der Waals surface area (Å²) >= 11 is 0. The number of likely N-dealkylation sites (tertiary alicyclic amines) is 1. The van der Waals surface area contributed by atoms with Crippen molar-refractivity contribution >= 4 is 5.91 Å². The fourth-order valence-electron chi connectivity index (χ4n) is 4.14. The molecule has 0 radical (unpaired) electrons. The number of hydrogen-bond acceptors (Lipinski definition) is 6. The molecule has 2 saturated heterocycles. The SMILES string of the molecule is O=C(NC1CCN(Cc2ccccn2)CC1)[C@@H](c1cccnc1)N1CCOCC1. The summed E-state index contributed by atoms with van der Waals surface area (Å²) in [4.78, 5) is 26.5. The van der Waals surface area contributed by atoms with E-state index in [9.17, 15) is 4.79 Å². The molecular weight excluding hydrogens is 366 g/mol. The standard InChI is InChI=1S/C22H29N5O2/c28-22(21(18-4-3-8-23-16-18)27-12-14-29-15-13-27)25-19-6-10-26(11-7-19)17-20-5-1-2-9-24-20/h1-5,8-9,16,19,21H,6-7,10-15,17H2,(H,25,28)/t21-/m1/s1. The van der Waals surface area contributed by atoms with Crippen LogP contribution in [0.3, 0.4) is 0 Å². The summed E-state index contributed by atoms with van der Waals surface area (Å²) in [7, 11) is 0. The molecule has 1 amide bonds. The molecule has 29 heavy (non-hydrogen) atoms. The lowest BCUT2D eigenvalue weighted by molar-refractivity contribution is -0.129. The van der Waals surface area contributed by atoms with Crippen molar-refractivity contribution in [3.05, 3.63) is 60.2 Å². The fourth-order valence-corrected chi connectivity index (χ4v) is 4.14. The lowest BCUT2D eigenvalue weighted by Gasteiger charge is -2.36. The van der Waals surface area contributed by atoms with Crippen LogP contribution in [0.4, 0.5) is 0 Å². The van der Waals surface area contributed by atoms with Crippen molar-refractivity contribution in [1.82, 2.24) is 25.1 Å². The Balaban J connectivity index is 1.34. The van der Waals surface area contributed by atoms with E-state index in [1.54, 1.807) is 12.4 Å². The summed E-state index contributed by atoms with van der Waals surface area (Å²) in [5, 5.41) is 3.31. The second kappa shape index (κ2) is 9.91. The number of pyridine rings is 2. The van der Waals surface area contributed by atoms with Crippen LogP contribution in [0.2, 0.25) is 0 Å². The molecule has 0 unspecified atom stereocenters. The molecule has 1 N–H and O–H groups in total. The lowest BCUT2D eigenvalue weighted by atomic mass is 10.0. The molecule has 2 aromatic rings. The van der Waals surface area contributed by atoms with Gasteiger partial charge in [0.25, 0.3) is 0 Å². The van der Waals surface area contributed by atoms with Crippen LogP contribution in [-0.2, 0) is 16.1 Å². The Morgan fingerprint density at radius 2 is 1.93 bits per heavy atom. The normalized spacial score (nSPS) is 20.3. The fraction of sp³-hybridized carbons (Fsp3) is 0.500. The van der Waals surface area contributed by atoms with E-state index in [1.165, 1.54) is 0 Å². The topological polar surface area (TPSA) is 70.6 Å². The highest BCUT2D eigenvalue weighted by atomic mass is 16.5. The first-order valence-electron chi connectivity index (χ1n) is 10.4. The molecule has 0 spiro atoms. The summed E-state index contributed by atoms with van der Waals surface area (Å²) in [6.45, 7) is 5.65. The van der Waals surface area contributed by atoms with Gasteiger partial charge in [-0.25, -0.2) is 0 Å². The van der Waals surface area contributed by atoms with Gasteiger partial charge in [0, 0.05) is 57.4 Å². The van der Waals surface area contributed by atoms with Crippen LogP contribution < -0.4 is 5.32 Å². The molecule has 2 aromatic heterocycles. The number of carbonyl (C=O) groups is 1. The predicted octanol–water partition coefficient (Wildman–Crippen LogP) is 1.63. The lowest BCUT2D eigenvalue weighted by Crippen LogP contribution is -2.50. The van der Waals surface area contributed by atoms with Gasteiger partial charge in [0.1, 0.15) is 6.04 Å². The second-order valence-corrected chi connectivity index (χ2v) is 7.72. The van der Waals surface area contributed by atoms with Gasteiger partial charge >= 0.3 is 0 Å². The van der Waals surface area contributed by atoms with Crippen molar-refractivity contribution in [2.24, 2.45) is 0 Å². The maximum absolute atomic E-state index is 13.2. The molecule has 0 aliphatic carbocycles. The number of morpholine rings is 1. The zero-order chi connectivity index (χ0) is 19.9. The zero-order valence-electron chi connectivity index (χ0n) is 16.7. The Kier molecular flexibility index (Phi) is 6.82. The Morgan fingerprint density at radius 3 is 2.62 bits per heavy atom. The van der Waals surface area contributed by atoms with Gasteiger partial charge in [-0.3, -0.25) is 24.6 Å². The number of aromatic nitrogens is 2. The van der Waals surface area contributed by atoms with E-state index in [0.717, 1.165) is 56.8 Å². The highest BCUT2D eigenvalue weighted by Gasteiger charge is 2.31. The van der Waals surface area contributed by atoms with Gasteiger partial charge in [-0.15, -0.1) is 0 Å². The maximum atomic E-state index is 13.2. The van der Waals surface area contributed by atoms with Gasteiger partial charge in [0.2, 0.25) is 5.91 Å². The molecule has 2 aliphatic rings. The number of nitrogens with one attached hydrogen (secondary N) is 1. The monoisotopic (exact) mass is 395 g/mol. The van der Waals surface area contributed by atoms with Crippen molar-refractivity contribution in [3.63, 3.8) is 0 Å². The molecule has 0 saturated carbocycles. The number of rotatable bonds is 6. The van der Waals surface area contributed by atoms with Crippen molar-refractivity contribution in [2.75, 3.05) is 39.4 Å². The van der Waals surface area contributed by atoms with Crippen LogP contribution in [0.1, 0.15) is 30.1 Å². The summed E-state index contributed by atoms with van der Waals surface area (Å²) in [5.74, 6) is 0.0723. The Bertz CT molecular complexity index is 759. The molecule has 4 heterocycles. The van der Waals surface area contributed by atoms with E-state index in [0.29, 0.717) is 13.2 Å². The highest BCUT2D eigenvalue weighted by molar-refractivity contribution is 5.83. The molecule has 154 valence electrons. The number of nitrogens with zero attached hydrogens (tertiary/aromatic N) is 4. The smallest absolute Gasteiger partial charge is 0.242 e. The van der Waals surface area contributed by atoms with Crippen LogP contribution in [0.5, 0.6) is 0 Å². The van der Waals surface area contributed by atoms with Crippen molar-refractivity contribution in [2.45, 2.75) is 31.5 Å². The van der Waals surface area contributed by atoms with Gasteiger partial charge in [-0.2, -0.15) is 0 Å². The van der Waals surface area contributed by atoms with E-state index in [1.807, 2.05) is 30.5 Å². The highest BCUT2D eigenvalue weighted by Crippen LogP contribution is 2.23. The summed E-state index contributed by atoms with van der Waals surface area (Å²) < 4.78 is 5.48. The molecule has 0 aromatic carbocycles. The maximum Gasteiger partial charge on any atom is 0.242 e. The third-order valence-electron chi connectivity index (χ3n) is 5.71. The molecule has 7 heteroatoms. The largest absolute Gasteiger partial charge is 0.379 e. The van der Waals surface area contributed by atoms with Crippen molar-refractivity contribution < 1.29 is 9.53 Å². The van der Waals surface area contributed by atoms with Gasteiger partial charge in [0.15, 0.2) is 0 Å². The van der Waals surface area contributed by atoms with E-state index >= 15 is 0 Å². The Hall–Kier alpha value is -2.35. The van der Waals surface area contributed by atoms with Crippen LogP contribution in [0, 0.1) is 0 Å². The van der Waals surface area contributed by atoms with E-state index in [-0.39, 0.29) is 18.0 Å². The van der Waals surface area contributed by atoms with Gasteiger partial charge in [-0.1, -0.05) is 12.1 Å². The van der Waals surface area contributed by atoms with Gasteiger partial charge < -0.3 is 10.1 Å². The molecule has 1 atom stereocenters. The minimum absolute atomic E-state index is 0.0723. The average molecular weight is 396 g/mol. The quantitative estimate of drug-likeness (QED) is 0.802. The van der Waals surface area contributed by atoms with Crippen molar-refractivity contribution in [1.29, 1.82) is 0 Å².